The van der Waals surface area contributed by atoms with E-state index in [9.17, 15) is 13.2 Å². The first-order valence-corrected chi connectivity index (χ1v) is 11.4. The summed E-state index contributed by atoms with van der Waals surface area (Å²) in [5, 5.41) is 3.13. The second kappa shape index (κ2) is 9.41. The number of carbonyl (C=O) groups is 1. The van der Waals surface area contributed by atoms with E-state index in [1.54, 1.807) is 36.4 Å². The molecule has 0 heterocycles. The third kappa shape index (κ3) is 5.58. The number of sulfonamides is 1. The number of carbonyl (C=O) groups excluding carboxylic acids is 1. The second-order valence-corrected chi connectivity index (χ2v) is 9.31. The summed E-state index contributed by atoms with van der Waals surface area (Å²) in [7, 11) is -2.09. The molecular weight excluding hydrogens is 388 g/mol. The fourth-order valence-electron chi connectivity index (χ4n) is 3.57. The Labute approximate surface area is 172 Å². The van der Waals surface area contributed by atoms with Gasteiger partial charge in [-0.25, -0.2) is 13.1 Å². The summed E-state index contributed by atoms with van der Waals surface area (Å²) >= 11 is 0. The van der Waals surface area contributed by atoms with Crippen LogP contribution in [0.4, 0.5) is 0 Å². The number of hydrogen-bond donors (Lipinski definition) is 2. The molecule has 1 amide bonds. The fourth-order valence-corrected chi connectivity index (χ4v) is 4.59. The Balaban J connectivity index is 1.57. The van der Waals surface area contributed by atoms with Gasteiger partial charge in [0.25, 0.3) is 5.91 Å². The predicted octanol–water partition coefficient (Wildman–Crippen LogP) is 3.48. The van der Waals surface area contributed by atoms with Crippen molar-refractivity contribution in [1.29, 1.82) is 0 Å². The smallest absolute Gasteiger partial charge is 0.251 e. The van der Waals surface area contributed by atoms with Crippen molar-refractivity contribution in [3.8, 4) is 5.75 Å². The SMILES string of the molecule is COc1ccc(S(=O)(=O)NCc2ccc(C(=O)N[C@H]3CCCC[C@H]3C)cc2)cc1. The van der Waals surface area contributed by atoms with Crippen molar-refractivity contribution in [1.82, 2.24) is 10.0 Å². The number of nitrogens with one attached hydrogen (secondary N) is 2. The standard InChI is InChI=1S/C22H28N2O4S/c1-16-5-3-4-6-21(16)24-22(25)18-9-7-17(8-10-18)15-23-29(26,27)20-13-11-19(28-2)12-14-20/h7-14,16,21,23H,3-6,15H2,1-2H3,(H,24,25)/t16-,21+/m1/s1. The lowest BCUT2D eigenvalue weighted by atomic mass is 9.86. The van der Waals surface area contributed by atoms with Crippen molar-refractivity contribution in [3.05, 3.63) is 59.7 Å². The molecule has 0 aromatic heterocycles. The molecule has 7 heteroatoms. The van der Waals surface area contributed by atoms with Gasteiger partial charge in [-0.3, -0.25) is 4.79 Å². The molecule has 29 heavy (non-hydrogen) atoms. The van der Waals surface area contributed by atoms with Crippen molar-refractivity contribution < 1.29 is 17.9 Å². The molecule has 2 N–H and O–H groups in total. The maximum absolute atomic E-state index is 12.5. The van der Waals surface area contributed by atoms with Crippen LogP contribution >= 0.6 is 0 Å². The number of rotatable bonds is 7. The molecule has 0 bridgehead atoms. The zero-order chi connectivity index (χ0) is 20.9. The molecule has 0 unspecified atom stereocenters. The third-order valence-electron chi connectivity index (χ3n) is 5.48. The Hall–Kier alpha value is -2.38. The largest absolute Gasteiger partial charge is 0.497 e. The van der Waals surface area contributed by atoms with Crippen LogP contribution in [0.25, 0.3) is 0 Å². The number of amides is 1. The van der Waals surface area contributed by atoms with Crippen LogP contribution in [0.2, 0.25) is 0 Å². The molecule has 3 rings (SSSR count). The molecule has 1 aliphatic carbocycles. The molecule has 6 nitrogen and oxygen atoms in total. The molecule has 1 aliphatic rings. The Kier molecular flexibility index (Phi) is 6.92. The summed E-state index contributed by atoms with van der Waals surface area (Å²) in [6, 6.07) is 13.5. The van der Waals surface area contributed by atoms with Crippen LogP contribution < -0.4 is 14.8 Å². The average molecular weight is 417 g/mol. The Morgan fingerprint density at radius 3 is 2.31 bits per heavy atom. The average Bonchev–Trinajstić information content (AvgIpc) is 2.74. The molecule has 0 aliphatic heterocycles. The molecular formula is C22H28N2O4S. The van der Waals surface area contributed by atoms with Gasteiger partial charge in [-0.1, -0.05) is 31.9 Å². The van der Waals surface area contributed by atoms with Crippen LogP contribution in [0, 0.1) is 5.92 Å². The second-order valence-electron chi connectivity index (χ2n) is 7.54. The van der Waals surface area contributed by atoms with E-state index in [1.165, 1.54) is 25.7 Å². The normalized spacial score (nSPS) is 19.5. The van der Waals surface area contributed by atoms with Crippen LogP contribution in [-0.2, 0) is 16.6 Å². The van der Waals surface area contributed by atoms with Crippen LogP contribution in [0.1, 0.15) is 48.5 Å². The minimum absolute atomic E-state index is 0.0749. The van der Waals surface area contributed by atoms with Gasteiger partial charge in [-0.2, -0.15) is 0 Å². The quantitative estimate of drug-likeness (QED) is 0.724. The number of hydrogen-bond acceptors (Lipinski definition) is 4. The van der Waals surface area contributed by atoms with Gasteiger partial charge < -0.3 is 10.1 Å². The summed E-state index contributed by atoms with van der Waals surface area (Å²) in [5.74, 6) is 1.02. The molecule has 1 saturated carbocycles. The number of ether oxygens (including phenoxy) is 1. The van der Waals surface area contributed by atoms with Gasteiger partial charge in [-0.05, 0) is 60.7 Å². The van der Waals surface area contributed by atoms with Gasteiger partial charge in [0.1, 0.15) is 5.75 Å². The van der Waals surface area contributed by atoms with Gasteiger partial charge in [0.15, 0.2) is 0 Å². The summed E-state index contributed by atoms with van der Waals surface area (Å²) < 4.78 is 32.5. The van der Waals surface area contributed by atoms with Gasteiger partial charge in [0.2, 0.25) is 10.0 Å². The summed E-state index contributed by atoms with van der Waals surface area (Å²) in [5.41, 5.74) is 1.37. The molecule has 0 spiro atoms. The lowest BCUT2D eigenvalue weighted by Crippen LogP contribution is -2.41. The highest BCUT2D eigenvalue weighted by Crippen LogP contribution is 2.24. The molecule has 2 atom stereocenters. The molecule has 0 saturated heterocycles. The number of benzene rings is 2. The minimum atomic E-state index is -3.62. The zero-order valence-electron chi connectivity index (χ0n) is 16.9. The first-order valence-electron chi connectivity index (χ1n) is 9.92. The maximum atomic E-state index is 12.5. The first kappa shape index (κ1) is 21.3. The van der Waals surface area contributed by atoms with E-state index < -0.39 is 10.0 Å². The van der Waals surface area contributed by atoms with Gasteiger partial charge >= 0.3 is 0 Å². The predicted molar refractivity (Wildman–Crippen MR) is 112 cm³/mol. The lowest BCUT2D eigenvalue weighted by Gasteiger charge is -2.29. The van der Waals surface area contributed by atoms with Gasteiger partial charge in [0.05, 0.1) is 12.0 Å². The summed E-state index contributed by atoms with van der Waals surface area (Å²) in [6.45, 7) is 2.33. The van der Waals surface area contributed by atoms with E-state index in [-0.39, 0.29) is 23.4 Å². The Morgan fingerprint density at radius 1 is 1.03 bits per heavy atom. The van der Waals surface area contributed by atoms with E-state index >= 15 is 0 Å². The van der Waals surface area contributed by atoms with Crippen molar-refractivity contribution >= 4 is 15.9 Å². The Bertz CT molecular complexity index is 924. The maximum Gasteiger partial charge on any atom is 0.251 e. The minimum Gasteiger partial charge on any atom is -0.497 e. The van der Waals surface area contributed by atoms with Crippen LogP contribution in [0.5, 0.6) is 5.75 Å². The van der Waals surface area contributed by atoms with Crippen molar-refractivity contribution in [2.45, 2.75) is 50.1 Å². The fraction of sp³-hybridized carbons (Fsp3) is 0.409. The number of methoxy groups -OCH3 is 1. The summed E-state index contributed by atoms with van der Waals surface area (Å²) in [6.07, 6.45) is 4.56. The van der Waals surface area contributed by atoms with Crippen molar-refractivity contribution in [2.75, 3.05) is 7.11 Å². The van der Waals surface area contributed by atoms with E-state index in [2.05, 4.69) is 17.0 Å². The highest BCUT2D eigenvalue weighted by Gasteiger charge is 2.23. The topological polar surface area (TPSA) is 84.5 Å². The molecule has 1 fully saturated rings. The van der Waals surface area contributed by atoms with Crippen LogP contribution in [-0.4, -0.2) is 27.5 Å². The molecule has 2 aromatic rings. The third-order valence-corrected chi connectivity index (χ3v) is 6.90. The van der Waals surface area contributed by atoms with E-state index in [0.717, 1.165) is 24.8 Å². The summed E-state index contributed by atoms with van der Waals surface area (Å²) in [4.78, 5) is 12.7. The lowest BCUT2D eigenvalue weighted by molar-refractivity contribution is 0.0910. The monoisotopic (exact) mass is 416 g/mol. The van der Waals surface area contributed by atoms with E-state index in [4.69, 9.17) is 4.74 Å². The van der Waals surface area contributed by atoms with Gasteiger partial charge in [0, 0.05) is 18.2 Å². The molecule has 0 radical (unpaired) electrons. The zero-order valence-corrected chi connectivity index (χ0v) is 17.7. The van der Waals surface area contributed by atoms with E-state index in [0.29, 0.717) is 17.2 Å². The first-order chi connectivity index (χ1) is 13.9. The van der Waals surface area contributed by atoms with Crippen molar-refractivity contribution in [3.63, 3.8) is 0 Å². The highest BCUT2D eigenvalue weighted by atomic mass is 32.2. The van der Waals surface area contributed by atoms with Gasteiger partial charge in [-0.15, -0.1) is 0 Å². The van der Waals surface area contributed by atoms with Crippen LogP contribution in [0.15, 0.2) is 53.4 Å². The highest BCUT2D eigenvalue weighted by molar-refractivity contribution is 7.89. The van der Waals surface area contributed by atoms with E-state index in [1.807, 2.05) is 0 Å². The van der Waals surface area contributed by atoms with Crippen molar-refractivity contribution in [2.24, 2.45) is 5.92 Å². The Morgan fingerprint density at radius 2 is 1.69 bits per heavy atom. The molecule has 2 aromatic carbocycles. The molecule has 156 valence electrons. The van der Waals surface area contributed by atoms with Crippen LogP contribution in [0.3, 0.4) is 0 Å².